The van der Waals surface area contributed by atoms with E-state index in [0.717, 1.165) is 6.07 Å². The molecule has 0 aliphatic carbocycles. The molecule has 2 N–H and O–H groups in total. The Bertz CT molecular complexity index is 786. The predicted molar refractivity (Wildman–Crippen MR) is 72.6 cm³/mol. The molecule has 1 aliphatic rings. The van der Waals surface area contributed by atoms with E-state index < -0.39 is 23.5 Å². The maximum atomic E-state index is 13.1. The van der Waals surface area contributed by atoms with Crippen LogP contribution in [0.5, 0.6) is 0 Å². The molecule has 5 nitrogen and oxygen atoms in total. The summed E-state index contributed by atoms with van der Waals surface area (Å²) in [6, 6.07) is 9.62. The number of fused-ring (bicyclic) bond motifs is 1. The molecule has 0 unspecified atom stereocenters. The zero-order valence-electron chi connectivity index (χ0n) is 10.6. The number of imide groups is 1. The van der Waals surface area contributed by atoms with Gasteiger partial charge in [-0.1, -0.05) is 6.07 Å². The lowest BCUT2D eigenvalue weighted by atomic mass is 10.1. The van der Waals surface area contributed by atoms with Crippen LogP contribution in [-0.2, 0) is 0 Å². The lowest BCUT2D eigenvalue weighted by molar-refractivity contribution is 0.0878. The molecule has 6 heteroatoms. The molecular weight excluding hydrogens is 275 g/mol. The molecule has 2 aromatic rings. The first kappa shape index (κ1) is 13.0. The van der Waals surface area contributed by atoms with Crippen LogP contribution in [0.2, 0.25) is 0 Å². The quantitative estimate of drug-likeness (QED) is 0.828. The summed E-state index contributed by atoms with van der Waals surface area (Å²) in [5.74, 6) is -1.98. The summed E-state index contributed by atoms with van der Waals surface area (Å²) in [6.07, 6.45) is 0. The first-order chi connectivity index (χ1) is 10.0. The van der Waals surface area contributed by atoms with Crippen molar-refractivity contribution in [1.29, 1.82) is 0 Å². The Labute approximate surface area is 118 Å². The van der Waals surface area contributed by atoms with Gasteiger partial charge in [-0.2, -0.15) is 0 Å². The Balaban J connectivity index is 1.86. The van der Waals surface area contributed by atoms with Crippen LogP contribution in [0, 0.1) is 5.82 Å². The molecule has 0 spiro atoms. The van der Waals surface area contributed by atoms with E-state index in [-0.39, 0.29) is 16.7 Å². The number of carbonyl (C=O) groups excluding carboxylic acids is 3. The molecule has 21 heavy (non-hydrogen) atoms. The number of rotatable bonds is 2. The Morgan fingerprint density at radius 1 is 1.00 bits per heavy atom. The fourth-order valence-electron chi connectivity index (χ4n) is 2.08. The van der Waals surface area contributed by atoms with Gasteiger partial charge in [-0.3, -0.25) is 19.7 Å². The van der Waals surface area contributed by atoms with Crippen LogP contribution < -0.4 is 10.6 Å². The van der Waals surface area contributed by atoms with Crippen LogP contribution in [0.25, 0.3) is 0 Å². The highest BCUT2D eigenvalue weighted by Gasteiger charge is 2.26. The molecule has 1 heterocycles. The van der Waals surface area contributed by atoms with Crippen LogP contribution >= 0.6 is 0 Å². The van der Waals surface area contributed by atoms with Crippen LogP contribution in [0.4, 0.5) is 10.1 Å². The van der Waals surface area contributed by atoms with Crippen molar-refractivity contribution < 1.29 is 18.8 Å². The topological polar surface area (TPSA) is 75.3 Å². The third-order valence-corrected chi connectivity index (χ3v) is 3.08. The number of hydrogen-bond donors (Lipinski definition) is 2. The molecule has 0 saturated heterocycles. The molecular formula is C15H9FN2O3. The number of anilines is 1. The van der Waals surface area contributed by atoms with E-state index in [1.165, 1.54) is 36.4 Å². The molecule has 3 amide bonds. The van der Waals surface area contributed by atoms with Crippen LogP contribution in [0.3, 0.4) is 0 Å². The zero-order valence-corrected chi connectivity index (χ0v) is 10.6. The normalized spacial score (nSPS) is 12.8. The minimum absolute atomic E-state index is 0.163. The largest absolute Gasteiger partial charge is 0.322 e. The molecule has 0 atom stereocenters. The Kier molecular flexibility index (Phi) is 2.98. The van der Waals surface area contributed by atoms with E-state index in [1.54, 1.807) is 0 Å². The summed E-state index contributed by atoms with van der Waals surface area (Å²) in [4.78, 5) is 34.9. The maximum Gasteiger partial charge on any atom is 0.259 e. The van der Waals surface area contributed by atoms with Crippen LogP contribution in [-0.4, -0.2) is 17.7 Å². The third-order valence-electron chi connectivity index (χ3n) is 3.08. The molecule has 3 rings (SSSR count). The minimum atomic E-state index is -0.512. The molecule has 0 fully saturated rings. The monoisotopic (exact) mass is 284 g/mol. The zero-order chi connectivity index (χ0) is 15.0. The fourth-order valence-corrected chi connectivity index (χ4v) is 2.08. The first-order valence-corrected chi connectivity index (χ1v) is 6.11. The second-order valence-electron chi connectivity index (χ2n) is 4.51. The van der Waals surface area contributed by atoms with Crippen molar-refractivity contribution in [2.24, 2.45) is 0 Å². The average molecular weight is 284 g/mol. The Morgan fingerprint density at radius 3 is 2.52 bits per heavy atom. The van der Waals surface area contributed by atoms with Gasteiger partial charge >= 0.3 is 0 Å². The van der Waals surface area contributed by atoms with Gasteiger partial charge in [0.15, 0.2) is 0 Å². The van der Waals surface area contributed by atoms with Crippen molar-refractivity contribution in [3.8, 4) is 0 Å². The predicted octanol–water partition coefficient (Wildman–Crippen LogP) is 1.96. The summed E-state index contributed by atoms with van der Waals surface area (Å²) < 4.78 is 13.1. The second kappa shape index (κ2) is 4.82. The van der Waals surface area contributed by atoms with Gasteiger partial charge in [0.05, 0.1) is 11.1 Å². The van der Waals surface area contributed by atoms with Crippen molar-refractivity contribution in [3.05, 3.63) is 65.0 Å². The van der Waals surface area contributed by atoms with Gasteiger partial charge in [0.25, 0.3) is 17.7 Å². The Hall–Kier alpha value is -3.02. The summed E-state index contributed by atoms with van der Waals surface area (Å²) in [7, 11) is 0. The molecule has 0 aromatic heterocycles. The highest BCUT2D eigenvalue weighted by molar-refractivity contribution is 6.22. The van der Waals surface area contributed by atoms with Gasteiger partial charge in [0.1, 0.15) is 5.82 Å². The number of nitrogens with one attached hydrogen (secondary N) is 2. The molecule has 0 radical (unpaired) electrons. The van der Waals surface area contributed by atoms with E-state index in [4.69, 9.17) is 0 Å². The number of hydrogen-bond acceptors (Lipinski definition) is 3. The summed E-state index contributed by atoms with van der Waals surface area (Å²) in [6.45, 7) is 0. The van der Waals surface area contributed by atoms with E-state index in [9.17, 15) is 18.8 Å². The molecule has 1 aliphatic heterocycles. The standard InChI is InChI=1S/C15H9FN2O3/c16-9-3-1-2-8(6-9)13(19)17-10-4-5-11-12(7-10)15(21)18-14(11)20/h1-7H,(H,17,19)(H,18,20,21). The van der Waals surface area contributed by atoms with E-state index in [0.29, 0.717) is 5.69 Å². The van der Waals surface area contributed by atoms with Gasteiger partial charge in [-0.05, 0) is 36.4 Å². The smallest absolute Gasteiger partial charge is 0.259 e. The van der Waals surface area contributed by atoms with Gasteiger partial charge in [-0.15, -0.1) is 0 Å². The molecule has 0 bridgehead atoms. The van der Waals surface area contributed by atoms with Gasteiger partial charge < -0.3 is 5.32 Å². The number of benzene rings is 2. The summed E-state index contributed by atoms with van der Waals surface area (Å²) >= 11 is 0. The average Bonchev–Trinajstić information content (AvgIpc) is 2.74. The summed E-state index contributed by atoms with van der Waals surface area (Å²) in [5.41, 5.74) is 0.990. The Morgan fingerprint density at radius 2 is 1.76 bits per heavy atom. The van der Waals surface area contributed by atoms with Crippen LogP contribution in [0.1, 0.15) is 31.1 Å². The van der Waals surface area contributed by atoms with Crippen molar-refractivity contribution in [2.75, 3.05) is 5.32 Å². The molecule has 104 valence electrons. The molecule has 2 aromatic carbocycles. The SMILES string of the molecule is O=C(Nc1ccc2c(c1)C(=O)NC2=O)c1cccc(F)c1. The molecule has 0 saturated carbocycles. The van der Waals surface area contributed by atoms with E-state index >= 15 is 0 Å². The highest BCUT2D eigenvalue weighted by Crippen LogP contribution is 2.20. The second-order valence-corrected chi connectivity index (χ2v) is 4.51. The van der Waals surface area contributed by atoms with E-state index in [2.05, 4.69) is 10.6 Å². The van der Waals surface area contributed by atoms with Gasteiger partial charge in [-0.25, -0.2) is 4.39 Å². The lowest BCUT2D eigenvalue weighted by Gasteiger charge is -2.06. The van der Waals surface area contributed by atoms with Gasteiger partial charge in [0, 0.05) is 11.3 Å². The number of amides is 3. The van der Waals surface area contributed by atoms with Crippen molar-refractivity contribution in [1.82, 2.24) is 5.32 Å². The van der Waals surface area contributed by atoms with Crippen molar-refractivity contribution in [3.63, 3.8) is 0 Å². The third kappa shape index (κ3) is 2.38. The number of carbonyl (C=O) groups is 3. The number of halogens is 1. The van der Waals surface area contributed by atoms with Crippen molar-refractivity contribution in [2.45, 2.75) is 0 Å². The fraction of sp³-hybridized carbons (Fsp3) is 0. The lowest BCUT2D eigenvalue weighted by Crippen LogP contribution is -2.19. The minimum Gasteiger partial charge on any atom is -0.322 e. The maximum absolute atomic E-state index is 13.1. The van der Waals surface area contributed by atoms with Crippen LogP contribution in [0.15, 0.2) is 42.5 Å². The first-order valence-electron chi connectivity index (χ1n) is 6.11. The summed E-state index contributed by atoms with van der Waals surface area (Å²) in [5, 5.41) is 4.72. The highest BCUT2D eigenvalue weighted by atomic mass is 19.1. The van der Waals surface area contributed by atoms with Gasteiger partial charge in [0.2, 0.25) is 0 Å². The van der Waals surface area contributed by atoms with Crippen molar-refractivity contribution >= 4 is 23.4 Å². The van der Waals surface area contributed by atoms with E-state index in [1.807, 2.05) is 0 Å².